The molecule has 36 heavy (non-hydrogen) atoms. The van der Waals surface area contributed by atoms with Crippen molar-refractivity contribution in [3.63, 3.8) is 0 Å². The van der Waals surface area contributed by atoms with Crippen molar-refractivity contribution in [3.05, 3.63) is 0 Å². The van der Waals surface area contributed by atoms with E-state index in [4.69, 9.17) is 9.16 Å². The Kier molecular flexibility index (Phi) is 10.2. The van der Waals surface area contributed by atoms with Crippen molar-refractivity contribution < 1.29 is 28.7 Å². The van der Waals surface area contributed by atoms with Crippen LogP contribution in [0.15, 0.2) is 0 Å². The molecule has 9 nitrogen and oxygen atoms in total. The predicted molar refractivity (Wildman–Crippen MR) is 144 cm³/mol. The van der Waals surface area contributed by atoms with Gasteiger partial charge < -0.3 is 24.5 Å². The number of carbonyl (C=O) groups excluding carboxylic acids is 3. The molecular weight excluding hydrogens is 478 g/mol. The molecule has 0 spiro atoms. The van der Waals surface area contributed by atoms with Gasteiger partial charge in [0, 0.05) is 13.6 Å². The third-order valence-electron chi connectivity index (χ3n) is 7.18. The van der Waals surface area contributed by atoms with Crippen LogP contribution in [-0.2, 0) is 18.8 Å². The number of hydrogen-bond donors (Lipinski definition) is 2. The number of nitrogens with one attached hydrogen (secondary N) is 1. The van der Waals surface area contributed by atoms with Gasteiger partial charge in [0.2, 0.25) is 11.8 Å². The van der Waals surface area contributed by atoms with Gasteiger partial charge in [-0.25, -0.2) is 4.79 Å². The Morgan fingerprint density at radius 2 is 1.61 bits per heavy atom. The van der Waals surface area contributed by atoms with Crippen LogP contribution >= 0.6 is 0 Å². The number of aliphatic hydroxyl groups is 1. The van der Waals surface area contributed by atoms with Crippen molar-refractivity contribution in [1.82, 2.24) is 15.1 Å². The second kappa shape index (κ2) is 11.4. The second-order valence-corrected chi connectivity index (χ2v) is 18.4. The van der Waals surface area contributed by atoms with Crippen LogP contribution in [-0.4, -0.2) is 91.2 Å². The number of aliphatic hydroxyl groups excluding tert-OH is 1. The molecule has 1 saturated heterocycles. The van der Waals surface area contributed by atoms with Gasteiger partial charge in [-0.1, -0.05) is 41.5 Å². The van der Waals surface area contributed by atoms with Gasteiger partial charge >= 0.3 is 6.09 Å². The van der Waals surface area contributed by atoms with Crippen LogP contribution in [0.5, 0.6) is 0 Å². The van der Waals surface area contributed by atoms with E-state index < -0.39 is 43.4 Å². The summed E-state index contributed by atoms with van der Waals surface area (Å²) >= 11 is 0. The van der Waals surface area contributed by atoms with E-state index in [9.17, 15) is 19.5 Å². The number of amides is 3. The monoisotopic (exact) mass is 529 g/mol. The van der Waals surface area contributed by atoms with Crippen LogP contribution in [0.4, 0.5) is 4.79 Å². The molecule has 1 aliphatic heterocycles. The lowest BCUT2D eigenvalue weighted by Gasteiger charge is -2.38. The van der Waals surface area contributed by atoms with E-state index in [2.05, 4.69) is 39.2 Å². The van der Waals surface area contributed by atoms with E-state index in [1.54, 1.807) is 32.6 Å². The highest BCUT2D eigenvalue weighted by atomic mass is 28.4. The van der Waals surface area contributed by atoms with Gasteiger partial charge in [-0.15, -0.1) is 0 Å². The van der Waals surface area contributed by atoms with Crippen molar-refractivity contribution in [2.24, 2.45) is 5.41 Å². The quantitative estimate of drug-likeness (QED) is 0.486. The van der Waals surface area contributed by atoms with Gasteiger partial charge in [-0.2, -0.15) is 0 Å². The number of hydrogen-bond acceptors (Lipinski definition) is 6. The van der Waals surface area contributed by atoms with Crippen LogP contribution in [0.3, 0.4) is 0 Å². The molecule has 1 aliphatic rings. The predicted octanol–water partition coefficient (Wildman–Crippen LogP) is 3.76. The summed E-state index contributed by atoms with van der Waals surface area (Å²) in [5.74, 6) is -0.714. The Morgan fingerprint density at radius 3 is 2.03 bits per heavy atom. The molecule has 0 aliphatic carbocycles. The van der Waals surface area contributed by atoms with Gasteiger partial charge in [0.15, 0.2) is 8.32 Å². The minimum absolute atomic E-state index is 0.0252. The molecule has 0 unspecified atom stereocenters. The molecule has 1 heterocycles. The van der Waals surface area contributed by atoms with E-state index in [1.807, 2.05) is 20.8 Å². The number of ether oxygens (including phenoxy) is 1. The molecular formula is C26H51N3O6Si. The summed E-state index contributed by atoms with van der Waals surface area (Å²) in [6.45, 7) is 23.6. The SMILES string of the molecule is C[C@@H](C(=O)N[C@H](C(=O)N1C[C@H](O[Si](C)(C)C(C)(C)C)C[C@H]1CO)C(C)(C)C)N(C)C(=O)OC(C)(C)C. The van der Waals surface area contributed by atoms with E-state index in [0.29, 0.717) is 13.0 Å². The molecule has 2 N–H and O–H groups in total. The zero-order chi connectivity index (χ0) is 28.4. The molecule has 0 saturated carbocycles. The van der Waals surface area contributed by atoms with Gasteiger partial charge in [-0.05, 0) is 57.7 Å². The molecule has 3 amide bonds. The van der Waals surface area contributed by atoms with Gasteiger partial charge in [0.1, 0.15) is 17.7 Å². The summed E-state index contributed by atoms with van der Waals surface area (Å²) in [5.41, 5.74) is -1.29. The smallest absolute Gasteiger partial charge is 0.410 e. The maximum Gasteiger partial charge on any atom is 0.410 e. The molecule has 0 radical (unpaired) electrons. The topological polar surface area (TPSA) is 108 Å². The normalized spacial score (nSPS) is 21.1. The zero-order valence-corrected chi connectivity index (χ0v) is 25.8. The third kappa shape index (κ3) is 8.45. The van der Waals surface area contributed by atoms with Crippen molar-refractivity contribution in [1.29, 1.82) is 0 Å². The minimum Gasteiger partial charge on any atom is -0.444 e. The summed E-state index contributed by atoms with van der Waals surface area (Å²) < 4.78 is 11.9. The molecule has 0 bridgehead atoms. The van der Waals surface area contributed by atoms with Crippen LogP contribution in [0.2, 0.25) is 18.1 Å². The van der Waals surface area contributed by atoms with Crippen molar-refractivity contribution in [3.8, 4) is 0 Å². The number of likely N-dealkylation sites (tertiary alicyclic amines) is 1. The average Bonchev–Trinajstić information content (AvgIpc) is 3.09. The average molecular weight is 530 g/mol. The first-order valence-electron chi connectivity index (χ1n) is 12.9. The molecule has 210 valence electrons. The first-order valence-corrected chi connectivity index (χ1v) is 15.8. The maximum atomic E-state index is 13.8. The molecule has 0 aromatic heterocycles. The van der Waals surface area contributed by atoms with Crippen molar-refractivity contribution in [2.75, 3.05) is 20.2 Å². The minimum atomic E-state index is -2.06. The molecule has 4 atom stereocenters. The van der Waals surface area contributed by atoms with Gasteiger partial charge in [0.25, 0.3) is 0 Å². The third-order valence-corrected chi connectivity index (χ3v) is 11.7. The highest BCUT2D eigenvalue weighted by Crippen LogP contribution is 2.39. The van der Waals surface area contributed by atoms with Crippen LogP contribution < -0.4 is 5.32 Å². The highest BCUT2D eigenvalue weighted by Gasteiger charge is 2.46. The number of rotatable bonds is 7. The van der Waals surface area contributed by atoms with Crippen LogP contribution in [0.1, 0.15) is 75.7 Å². The largest absolute Gasteiger partial charge is 0.444 e. The fraction of sp³-hybridized carbons (Fsp3) is 0.885. The van der Waals surface area contributed by atoms with E-state index in [0.717, 1.165) is 0 Å². The molecule has 1 rings (SSSR count). The van der Waals surface area contributed by atoms with E-state index in [1.165, 1.54) is 11.9 Å². The lowest BCUT2D eigenvalue weighted by molar-refractivity contribution is -0.141. The Bertz CT molecular complexity index is 797. The number of nitrogens with zero attached hydrogens (tertiary/aromatic N) is 2. The van der Waals surface area contributed by atoms with Crippen molar-refractivity contribution in [2.45, 2.75) is 124 Å². The summed E-state index contributed by atoms with van der Waals surface area (Å²) in [7, 11) is -0.564. The molecule has 1 fully saturated rings. The summed E-state index contributed by atoms with van der Waals surface area (Å²) in [4.78, 5) is 42.2. The summed E-state index contributed by atoms with van der Waals surface area (Å²) in [5, 5.41) is 13.0. The van der Waals surface area contributed by atoms with Crippen LogP contribution in [0, 0.1) is 5.41 Å². The van der Waals surface area contributed by atoms with E-state index >= 15 is 0 Å². The zero-order valence-electron chi connectivity index (χ0n) is 24.8. The maximum absolute atomic E-state index is 13.8. The number of carbonyl (C=O) groups is 3. The lowest BCUT2D eigenvalue weighted by Crippen LogP contribution is -2.59. The molecule has 0 aromatic rings. The van der Waals surface area contributed by atoms with Crippen LogP contribution in [0.25, 0.3) is 0 Å². The summed E-state index contributed by atoms with van der Waals surface area (Å²) in [6.07, 6.45) is -0.230. The van der Waals surface area contributed by atoms with E-state index in [-0.39, 0.29) is 29.7 Å². The first kappa shape index (κ1) is 32.4. The first-order chi connectivity index (χ1) is 16.0. The van der Waals surface area contributed by atoms with Gasteiger partial charge in [-0.3, -0.25) is 14.5 Å². The highest BCUT2D eigenvalue weighted by molar-refractivity contribution is 6.74. The summed E-state index contributed by atoms with van der Waals surface area (Å²) in [6, 6.07) is -2.07. The standard InChI is InChI=1S/C26H51N3O6Si/c1-17(28(11)23(33)34-25(5,6)7)21(31)27-20(24(2,3)4)22(32)29-15-19(14-18(29)16-30)35-36(12,13)26(8,9)10/h17-20,30H,14-16H2,1-13H3,(H,27,31)/t17-,18-,19+,20+/m0/s1. The van der Waals surface area contributed by atoms with Gasteiger partial charge in [0.05, 0.1) is 18.8 Å². The number of likely N-dealkylation sites (N-methyl/N-ethyl adjacent to an activating group) is 1. The van der Waals surface area contributed by atoms with Crippen molar-refractivity contribution >= 4 is 26.2 Å². The Balaban J connectivity index is 3.06. The Hall–Kier alpha value is -1.65. The fourth-order valence-electron chi connectivity index (χ4n) is 3.74. The Morgan fingerprint density at radius 1 is 1.08 bits per heavy atom. The molecule has 10 heteroatoms. The fourth-order valence-corrected chi connectivity index (χ4v) is 5.10. The lowest BCUT2D eigenvalue weighted by atomic mass is 9.85. The second-order valence-electron chi connectivity index (χ2n) is 13.6. The Labute approximate surface area is 219 Å². The molecule has 0 aromatic carbocycles.